The number of rotatable bonds is 2. The van der Waals surface area contributed by atoms with Crippen LogP contribution in [0.25, 0.3) is 5.52 Å². The highest BCUT2D eigenvalue weighted by atomic mass is 16.7. The summed E-state index contributed by atoms with van der Waals surface area (Å²) in [7, 11) is 3.02. The van der Waals surface area contributed by atoms with E-state index in [1.165, 1.54) is 12.2 Å². The maximum Gasteiger partial charge on any atom is 0.279 e. The predicted molar refractivity (Wildman–Crippen MR) is 65.6 cm³/mol. The first-order valence-electron chi connectivity index (χ1n) is 5.47. The zero-order valence-corrected chi connectivity index (χ0v) is 10.5. The molecule has 0 unspecified atom stereocenters. The number of hydrogen-bond acceptors (Lipinski definition) is 3. The number of carbonyl (C=O) groups excluding carboxylic acids is 1. The Kier molecular flexibility index (Phi) is 4.66. The van der Waals surface area contributed by atoms with Crippen LogP contribution in [0.5, 0.6) is 0 Å². The molecule has 2 rings (SSSR count). The number of aromatic nitrogens is 2. The second kappa shape index (κ2) is 6.00. The van der Waals surface area contributed by atoms with Gasteiger partial charge in [0.05, 0.1) is 30.7 Å². The van der Waals surface area contributed by atoms with E-state index < -0.39 is 0 Å². The highest BCUT2D eigenvalue weighted by molar-refractivity contribution is 5.99. The molecule has 92 valence electrons. The highest BCUT2D eigenvalue weighted by Gasteiger charge is 2.14. The molecule has 0 aliphatic carbocycles. The van der Waals surface area contributed by atoms with Crippen molar-refractivity contribution in [1.29, 1.82) is 0 Å². The normalized spacial score (nSPS) is 9.65. The Balaban J connectivity index is 0.000000686. The number of carbonyl (C=O) groups is 1. The highest BCUT2D eigenvalue weighted by Crippen LogP contribution is 2.11. The van der Waals surface area contributed by atoms with Crippen molar-refractivity contribution < 1.29 is 9.63 Å². The molecule has 1 amide bonds. The maximum atomic E-state index is 11.8. The number of pyridine rings is 1. The Hall–Kier alpha value is -1.88. The van der Waals surface area contributed by atoms with E-state index in [0.717, 1.165) is 5.52 Å². The number of imidazole rings is 1. The van der Waals surface area contributed by atoms with E-state index in [0.29, 0.717) is 5.56 Å². The number of amides is 1. The monoisotopic (exact) mass is 235 g/mol. The molecule has 2 aromatic rings. The van der Waals surface area contributed by atoms with Crippen molar-refractivity contribution in [3.05, 3.63) is 36.4 Å². The summed E-state index contributed by atoms with van der Waals surface area (Å²) in [6.07, 6.45) is 5.14. The molecule has 0 saturated heterocycles. The van der Waals surface area contributed by atoms with Crippen molar-refractivity contribution in [2.24, 2.45) is 0 Å². The molecule has 2 heterocycles. The molecule has 2 aromatic heterocycles. The van der Waals surface area contributed by atoms with Gasteiger partial charge in [0.2, 0.25) is 0 Å². The molecular weight excluding hydrogens is 218 g/mol. The van der Waals surface area contributed by atoms with E-state index >= 15 is 0 Å². The fourth-order valence-corrected chi connectivity index (χ4v) is 1.38. The van der Waals surface area contributed by atoms with Crippen LogP contribution in [0.15, 0.2) is 30.9 Å². The quantitative estimate of drug-likeness (QED) is 0.748. The maximum absolute atomic E-state index is 11.8. The van der Waals surface area contributed by atoms with Crippen LogP contribution in [0.4, 0.5) is 0 Å². The van der Waals surface area contributed by atoms with Gasteiger partial charge >= 0.3 is 0 Å². The summed E-state index contributed by atoms with van der Waals surface area (Å²) >= 11 is 0. The van der Waals surface area contributed by atoms with E-state index in [4.69, 9.17) is 4.84 Å². The zero-order chi connectivity index (χ0) is 12.8. The summed E-state index contributed by atoms with van der Waals surface area (Å²) in [5.74, 6) is -0.191. The van der Waals surface area contributed by atoms with Crippen molar-refractivity contribution in [3.8, 4) is 0 Å². The smallest absolute Gasteiger partial charge is 0.279 e. The van der Waals surface area contributed by atoms with E-state index in [-0.39, 0.29) is 5.91 Å². The van der Waals surface area contributed by atoms with Crippen LogP contribution in [0, 0.1) is 0 Å². The largest absolute Gasteiger partial charge is 0.305 e. The summed E-state index contributed by atoms with van der Waals surface area (Å²) in [5.41, 5.74) is 1.34. The van der Waals surface area contributed by atoms with Crippen molar-refractivity contribution in [2.75, 3.05) is 14.2 Å². The Morgan fingerprint density at radius 2 is 2.18 bits per heavy atom. The second-order valence-electron chi connectivity index (χ2n) is 3.09. The van der Waals surface area contributed by atoms with E-state index in [9.17, 15) is 4.79 Å². The summed E-state index contributed by atoms with van der Waals surface area (Å²) in [6, 6.07) is 3.54. The molecular formula is C12H17N3O2. The van der Waals surface area contributed by atoms with Crippen LogP contribution in [-0.4, -0.2) is 34.5 Å². The minimum Gasteiger partial charge on any atom is -0.305 e. The van der Waals surface area contributed by atoms with Crippen LogP contribution in [0.3, 0.4) is 0 Å². The number of hydroxylamine groups is 2. The Morgan fingerprint density at radius 3 is 2.82 bits per heavy atom. The van der Waals surface area contributed by atoms with Crippen LogP contribution in [-0.2, 0) is 4.84 Å². The van der Waals surface area contributed by atoms with Crippen LogP contribution < -0.4 is 0 Å². The predicted octanol–water partition coefficient (Wildman–Crippen LogP) is 1.99. The topological polar surface area (TPSA) is 46.8 Å². The van der Waals surface area contributed by atoms with Gasteiger partial charge in [-0.05, 0) is 12.1 Å². The molecule has 0 bridgehead atoms. The standard InChI is InChI=1S/C10H11N3O2.C2H6/c1-12(15-2)10(14)8-4-3-5-13-7-11-6-9(8)13;1-2/h3-7H,1-2H3;1-2H3. The van der Waals surface area contributed by atoms with Gasteiger partial charge in [-0.2, -0.15) is 0 Å². The number of nitrogens with zero attached hydrogens (tertiary/aromatic N) is 3. The first-order chi connectivity index (χ1) is 8.24. The van der Waals surface area contributed by atoms with Crippen LogP contribution >= 0.6 is 0 Å². The molecule has 5 nitrogen and oxygen atoms in total. The van der Waals surface area contributed by atoms with Crippen molar-refractivity contribution in [1.82, 2.24) is 14.4 Å². The lowest BCUT2D eigenvalue weighted by molar-refractivity contribution is -0.0755. The second-order valence-corrected chi connectivity index (χ2v) is 3.09. The molecule has 0 aliphatic heterocycles. The van der Waals surface area contributed by atoms with Gasteiger partial charge in [-0.3, -0.25) is 9.63 Å². The SMILES string of the molecule is CC.CON(C)C(=O)c1cccn2cncc12. The van der Waals surface area contributed by atoms with Crippen molar-refractivity contribution >= 4 is 11.4 Å². The van der Waals surface area contributed by atoms with Gasteiger partial charge in [0.25, 0.3) is 5.91 Å². The Bertz CT molecular complexity index is 493. The van der Waals surface area contributed by atoms with E-state index in [2.05, 4.69) is 4.98 Å². The van der Waals surface area contributed by atoms with Crippen LogP contribution in [0.1, 0.15) is 24.2 Å². The first-order valence-corrected chi connectivity index (χ1v) is 5.47. The third-order valence-corrected chi connectivity index (χ3v) is 2.24. The molecule has 0 aliphatic rings. The summed E-state index contributed by atoms with van der Waals surface area (Å²) < 4.78 is 1.79. The lowest BCUT2D eigenvalue weighted by Gasteiger charge is -2.13. The molecule has 0 N–H and O–H groups in total. The van der Waals surface area contributed by atoms with Gasteiger partial charge in [-0.15, -0.1) is 0 Å². The van der Waals surface area contributed by atoms with Gasteiger partial charge in [0.1, 0.15) is 0 Å². The summed E-state index contributed by atoms with van der Waals surface area (Å²) in [4.78, 5) is 20.7. The lowest BCUT2D eigenvalue weighted by atomic mass is 10.2. The third kappa shape index (κ3) is 2.62. The van der Waals surface area contributed by atoms with E-state index in [1.807, 2.05) is 20.0 Å². The molecule has 0 atom stereocenters. The Labute approximate surface area is 101 Å². The van der Waals surface area contributed by atoms with Gasteiger partial charge < -0.3 is 4.40 Å². The zero-order valence-electron chi connectivity index (χ0n) is 10.5. The number of hydrogen-bond donors (Lipinski definition) is 0. The molecule has 0 spiro atoms. The lowest BCUT2D eigenvalue weighted by Crippen LogP contribution is -2.25. The van der Waals surface area contributed by atoms with Crippen LogP contribution in [0.2, 0.25) is 0 Å². The average Bonchev–Trinajstić information content (AvgIpc) is 2.87. The Morgan fingerprint density at radius 1 is 1.47 bits per heavy atom. The van der Waals surface area contributed by atoms with Crippen molar-refractivity contribution in [2.45, 2.75) is 13.8 Å². The fourth-order valence-electron chi connectivity index (χ4n) is 1.38. The molecule has 17 heavy (non-hydrogen) atoms. The molecule has 0 aromatic carbocycles. The van der Waals surface area contributed by atoms with Gasteiger partial charge in [0, 0.05) is 13.2 Å². The summed E-state index contributed by atoms with van der Waals surface area (Å²) in [5, 5.41) is 1.18. The number of fused-ring (bicyclic) bond motifs is 1. The van der Waals surface area contributed by atoms with Gasteiger partial charge in [-0.25, -0.2) is 10.0 Å². The third-order valence-electron chi connectivity index (χ3n) is 2.24. The van der Waals surface area contributed by atoms with Gasteiger partial charge in [-0.1, -0.05) is 13.8 Å². The molecule has 0 fully saturated rings. The minimum absolute atomic E-state index is 0.191. The van der Waals surface area contributed by atoms with Gasteiger partial charge in [0.15, 0.2) is 0 Å². The minimum atomic E-state index is -0.191. The molecule has 5 heteroatoms. The molecule has 0 radical (unpaired) electrons. The van der Waals surface area contributed by atoms with E-state index in [1.54, 1.807) is 36.1 Å². The first kappa shape index (κ1) is 13.2. The molecule has 0 saturated carbocycles. The van der Waals surface area contributed by atoms with Crippen molar-refractivity contribution in [3.63, 3.8) is 0 Å². The average molecular weight is 235 g/mol. The fraction of sp³-hybridized carbons (Fsp3) is 0.333. The summed E-state index contributed by atoms with van der Waals surface area (Å²) in [6.45, 7) is 4.00.